The molecule has 1 unspecified atom stereocenters. The highest BCUT2D eigenvalue weighted by molar-refractivity contribution is 6.08. The van der Waals surface area contributed by atoms with Crippen molar-refractivity contribution in [1.82, 2.24) is 4.90 Å². The van der Waals surface area contributed by atoms with E-state index in [4.69, 9.17) is 9.15 Å². The van der Waals surface area contributed by atoms with Gasteiger partial charge in [-0.25, -0.2) is 4.79 Å². The third-order valence-electron chi connectivity index (χ3n) is 5.58. The molecule has 1 amide bonds. The van der Waals surface area contributed by atoms with Gasteiger partial charge in [0.1, 0.15) is 5.76 Å². The van der Waals surface area contributed by atoms with E-state index in [1.165, 1.54) is 0 Å². The van der Waals surface area contributed by atoms with Crippen molar-refractivity contribution in [2.45, 2.75) is 31.7 Å². The third-order valence-corrected chi connectivity index (χ3v) is 5.58. The molecular weight excluding hydrogens is 344 g/mol. The maximum Gasteiger partial charge on any atom is 0.374 e. The Morgan fingerprint density at radius 2 is 2.07 bits per heavy atom. The van der Waals surface area contributed by atoms with Gasteiger partial charge in [-0.3, -0.25) is 9.69 Å². The molecule has 1 atom stereocenters. The normalized spacial score (nSPS) is 22.3. The highest BCUT2D eigenvalue weighted by Crippen LogP contribution is 2.46. The molecule has 6 nitrogen and oxygen atoms in total. The fraction of sp³-hybridized carbons (Fsp3) is 0.429. The van der Waals surface area contributed by atoms with Crippen LogP contribution < -0.4 is 4.90 Å². The van der Waals surface area contributed by atoms with Crippen LogP contribution in [-0.4, -0.2) is 43.5 Å². The standard InChI is InChI=1S/C21H24N2O4/c1-3-26-19(24)18-10-9-15(27-18)13-23-12-6-11-21(14-23)16-7-4-5-8-17(16)22(2)20(21)25/h4-5,7-10H,3,6,11-14H2,1-2H3. The number of furan rings is 1. The summed E-state index contributed by atoms with van der Waals surface area (Å²) in [6.07, 6.45) is 1.80. The van der Waals surface area contributed by atoms with E-state index >= 15 is 0 Å². The number of esters is 1. The average Bonchev–Trinajstić information content (AvgIpc) is 3.22. The lowest BCUT2D eigenvalue weighted by molar-refractivity contribution is -0.125. The number of hydrogen-bond acceptors (Lipinski definition) is 5. The number of hydrogen-bond donors (Lipinski definition) is 0. The molecule has 2 aromatic rings. The molecule has 2 aliphatic rings. The van der Waals surface area contributed by atoms with Gasteiger partial charge in [-0.1, -0.05) is 18.2 Å². The fourth-order valence-electron chi connectivity index (χ4n) is 4.39. The van der Waals surface area contributed by atoms with E-state index in [0.29, 0.717) is 25.5 Å². The zero-order chi connectivity index (χ0) is 19.0. The predicted molar refractivity (Wildman–Crippen MR) is 101 cm³/mol. The lowest BCUT2D eigenvalue weighted by Gasteiger charge is -2.39. The topological polar surface area (TPSA) is 63.0 Å². The number of piperidine rings is 1. The number of para-hydroxylation sites is 1. The molecule has 0 saturated carbocycles. The number of anilines is 1. The smallest absolute Gasteiger partial charge is 0.374 e. The monoisotopic (exact) mass is 368 g/mol. The van der Waals surface area contributed by atoms with E-state index in [9.17, 15) is 9.59 Å². The number of likely N-dealkylation sites (tertiary alicyclic amines) is 1. The number of rotatable bonds is 4. The summed E-state index contributed by atoms with van der Waals surface area (Å²) in [5, 5.41) is 0. The zero-order valence-corrected chi connectivity index (χ0v) is 15.7. The van der Waals surface area contributed by atoms with E-state index in [1.807, 2.05) is 31.3 Å². The van der Waals surface area contributed by atoms with E-state index in [2.05, 4.69) is 11.0 Å². The molecule has 6 heteroatoms. The van der Waals surface area contributed by atoms with Gasteiger partial charge in [0.05, 0.1) is 18.6 Å². The van der Waals surface area contributed by atoms with Crippen LogP contribution in [0.3, 0.4) is 0 Å². The number of carbonyl (C=O) groups is 2. The molecular formula is C21H24N2O4. The lowest BCUT2D eigenvalue weighted by Crippen LogP contribution is -2.51. The zero-order valence-electron chi connectivity index (χ0n) is 15.7. The van der Waals surface area contributed by atoms with E-state index in [1.54, 1.807) is 17.9 Å². The van der Waals surface area contributed by atoms with E-state index in [0.717, 1.165) is 30.6 Å². The number of carbonyl (C=O) groups excluding carboxylic acids is 2. The molecule has 0 N–H and O–H groups in total. The summed E-state index contributed by atoms with van der Waals surface area (Å²) in [6.45, 7) is 4.21. The van der Waals surface area contributed by atoms with Crippen molar-refractivity contribution in [2.75, 3.05) is 31.6 Å². The summed E-state index contributed by atoms with van der Waals surface area (Å²) in [5.74, 6) is 0.656. The van der Waals surface area contributed by atoms with E-state index in [-0.39, 0.29) is 11.7 Å². The van der Waals surface area contributed by atoms with Crippen molar-refractivity contribution in [3.05, 3.63) is 53.5 Å². The number of benzene rings is 1. The Hall–Kier alpha value is -2.60. The molecule has 1 fully saturated rings. The Balaban J connectivity index is 1.54. The molecule has 4 rings (SSSR count). The van der Waals surface area contributed by atoms with Crippen molar-refractivity contribution in [2.24, 2.45) is 0 Å². The molecule has 2 aliphatic heterocycles. The molecule has 142 valence electrons. The number of nitrogens with zero attached hydrogens (tertiary/aromatic N) is 2. The average molecular weight is 368 g/mol. The van der Waals surface area contributed by atoms with Crippen LogP contribution in [0.25, 0.3) is 0 Å². The van der Waals surface area contributed by atoms with Crippen LogP contribution in [-0.2, 0) is 21.5 Å². The number of ether oxygens (including phenoxy) is 1. The Labute approximate surface area is 158 Å². The minimum atomic E-state index is -0.486. The molecule has 1 saturated heterocycles. The molecule has 1 spiro atoms. The SMILES string of the molecule is CCOC(=O)c1ccc(CN2CCCC3(C2)C(=O)N(C)c2ccccc23)o1. The van der Waals surface area contributed by atoms with Gasteiger partial charge in [0.2, 0.25) is 11.7 Å². The van der Waals surface area contributed by atoms with Gasteiger partial charge in [-0.15, -0.1) is 0 Å². The summed E-state index contributed by atoms with van der Waals surface area (Å²) in [5.41, 5.74) is 1.64. The number of fused-ring (bicyclic) bond motifs is 2. The summed E-state index contributed by atoms with van der Waals surface area (Å²) >= 11 is 0. The van der Waals surface area contributed by atoms with Crippen molar-refractivity contribution in [1.29, 1.82) is 0 Å². The van der Waals surface area contributed by atoms with Crippen molar-refractivity contribution in [3.63, 3.8) is 0 Å². The summed E-state index contributed by atoms with van der Waals surface area (Å²) in [7, 11) is 1.85. The van der Waals surface area contributed by atoms with Crippen molar-refractivity contribution >= 4 is 17.6 Å². The van der Waals surface area contributed by atoms with Crippen LogP contribution in [0.15, 0.2) is 40.8 Å². The minimum absolute atomic E-state index is 0.167. The first kappa shape index (κ1) is 17.8. The van der Waals surface area contributed by atoms with Gasteiger partial charge in [0.25, 0.3) is 0 Å². The lowest BCUT2D eigenvalue weighted by atomic mass is 9.75. The number of likely N-dealkylation sites (N-methyl/N-ethyl adjacent to an activating group) is 1. The van der Waals surface area contributed by atoms with Gasteiger partial charge in [-0.05, 0) is 50.1 Å². The second-order valence-electron chi connectivity index (χ2n) is 7.26. The Morgan fingerprint density at radius 1 is 1.26 bits per heavy atom. The van der Waals surface area contributed by atoms with Gasteiger partial charge >= 0.3 is 5.97 Å². The Kier molecular flexibility index (Phi) is 4.52. The molecule has 0 aliphatic carbocycles. The molecule has 3 heterocycles. The highest BCUT2D eigenvalue weighted by Gasteiger charge is 2.51. The van der Waals surface area contributed by atoms with Crippen molar-refractivity contribution < 1.29 is 18.7 Å². The van der Waals surface area contributed by atoms with Gasteiger partial charge in [0, 0.05) is 19.3 Å². The first-order valence-corrected chi connectivity index (χ1v) is 9.41. The molecule has 27 heavy (non-hydrogen) atoms. The molecule has 0 radical (unpaired) electrons. The molecule has 0 bridgehead atoms. The second kappa shape index (κ2) is 6.85. The van der Waals surface area contributed by atoms with Crippen molar-refractivity contribution in [3.8, 4) is 0 Å². The van der Waals surface area contributed by atoms with Crippen LogP contribution in [0.2, 0.25) is 0 Å². The Bertz CT molecular complexity index is 875. The largest absolute Gasteiger partial charge is 0.460 e. The third kappa shape index (κ3) is 2.94. The maximum absolute atomic E-state index is 13.1. The van der Waals surface area contributed by atoms with Crippen LogP contribution >= 0.6 is 0 Å². The maximum atomic E-state index is 13.1. The fourth-order valence-corrected chi connectivity index (χ4v) is 4.39. The van der Waals surface area contributed by atoms with Gasteiger partial charge < -0.3 is 14.1 Å². The highest BCUT2D eigenvalue weighted by atomic mass is 16.5. The van der Waals surface area contributed by atoms with Crippen LogP contribution in [0, 0.1) is 0 Å². The van der Waals surface area contributed by atoms with Crippen LogP contribution in [0.1, 0.15) is 41.6 Å². The summed E-state index contributed by atoms with van der Waals surface area (Å²) < 4.78 is 10.6. The predicted octanol–water partition coefficient (Wildman–Crippen LogP) is 2.97. The first-order chi connectivity index (χ1) is 13.0. The minimum Gasteiger partial charge on any atom is -0.460 e. The number of amides is 1. The summed E-state index contributed by atoms with van der Waals surface area (Å²) in [4.78, 5) is 28.9. The van der Waals surface area contributed by atoms with E-state index < -0.39 is 11.4 Å². The van der Waals surface area contributed by atoms with Gasteiger partial charge in [-0.2, -0.15) is 0 Å². The summed E-state index contributed by atoms with van der Waals surface area (Å²) in [6, 6.07) is 11.5. The van der Waals surface area contributed by atoms with Crippen LogP contribution in [0.5, 0.6) is 0 Å². The second-order valence-corrected chi connectivity index (χ2v) is 7.26. The Morgan fingerprint density at radius 3 is 2.89 bits per heavy atom. The first-order valence-electron chi connectivity index (χ1n) is 9.41. The van der Waals surface area contributed by atoms with Crippen LogP contribution in [0.4, 0.5) is 5.69 Å². The quantitative estimate of drug-likeness (QED) is 0.777. The van der Waals surface area contributed by atoms with Gasteiger partial charge in [0.15, 0.2) is 0 Å². The molecule has 1 aromatic carbocycles. The molecule has 1 aromatic heterocycles.